The molecule has 0 saturated heterocycles. The third-order valence-electron chi connectivity index (χ3n) is 4.10. The third kappa shape index (κ3) is 4.83. The molecule has 0 heterocycles. The Bertz CT molecular complexity index is 770. The topological polar surface area (TPSA) is 75.6 Å². The van der Waals surface area contributed by atoms with Crippen molar-refractivity contribution in [3.8, 4) is 5.75 Å². The van der Waals surface area contributed by atoms with Crippen LogP contribution in [0.1, 0.15) is 47.7 Å². The smallest absolute Gasteiger partial charge is 0.337 e. The van der Waals surface area contributed by atoms with Gasteiger partial charge in [0.2, 0.25) is 0 Å². The number of nitrogens with one attached hydrogen (secondary N) is 1. The number of hydrogen-bond donors (Lipinski definition) is 2. The zero-order valence-corrected chi connectivity index (χ0v) is 14.7. The van der Waals surface area contributed by atoms with E-state index in [0.29, 0.717) is 11.7 Å². The van der Waals surface area contributed by atoms with Gasteiger partial charge in [-0.2, -0.15) is 0 Å². The van der Waals surface area contributed by atoms with E-state index in [9.17, 15) is 14.7 Å². The number of carboxylic acid groups (broad SMARTS) is 1. The first-order valence-electron chi connectivity index (χ1n) is 8.27. The maximum absolute atomic E-state index is 12.2. The first-order chi connectivity index (χ1) is 11.9. The Morgan fingerprint density at radius 2 is 1.92 bits per heavy atom. The van der Waals surface area contributed by atoms with Crippen LogP contribution in [0.25, 0.3) is 0 Å². The van der Waals surface area contributed by atoms with Crippen LogP contribution in [0.5, 0.6) is 5.75 Å². The average molecular weight is 341 g/mol. The molecule has 0 radical (unpaired) electrons. The van der Waals surface area contributed by atoms with E-state index in [0.717, 1.165) is 17.5 Å². The predicted molar refractivity (Wildman–Crippen MR) is 97.4 cm³/mol. The second-order valence-electron chi connectivity index (χ2n) is 6.04. The minimum absolute atomic E-state index is 0.0633. The van der Waals surface area contributed by atoms with E-state index in [1.165, 1.54) is 6.07 Å². The fraction of sp³-hybridized carbons (Fsp3) is 0.300. The number of ether oxygens (including phenoxy) is 1. The lowest BCUT2D eigenvalue weighted by molar-refractivity contribution is -0.118. The van der Waals surface area contributed by atoms with Crippen molar-refractivity contribution in [3.63, 3.8) is 0 Å². The molecule has 0 saturated carbocycles. The summed E-state index contributed by atoms with van der Waals surface area (Å²) in [5.41, 5.74) is 2.20. The van der Waals surface area contributed by atoms with Gasteiger partial charge in [-0.3, -0.25) is 4.79 Å². The molecule has 0 bridgehead atoms. The van der Waals surface area contributed by atoms with E-state index in [-0.39, 0.29) is 17.9 Å². The van der Waals surface area contributed by atoms with Crippen LogP contribution in [0.15, 0.2) is 42.5 Å². The van der Waals surface area contributed by atoms with Crippen molar-refractivity contribution >= 4 is 17.6 Å². The highest BCUT2D eigenvalue weighted by Gasteiger charge is 2.14. The Kier molecular flexibility index (Phi) is 6.17. The molecule has 0 spiro atoms. The number of hydrogen-bond acceptors (Lipinski definition) is 3. The molecule has 0 aliphatic heterocycles. The maximum atomic E-state index is 12.2. The number of carbonyl (C=O) groups excluding carboxylic acids is 1. The van der Waals surface area contributed by atoms with Crippen molar-refractivity contribution in [2.24, 2.45) is 0 Å². The van der Waals surface area contributed by atoms with Gasteiger partial charge in [0.15, 0.2) is 6.61 Å². The SMILES string of the molecule is CCC(C)c1ccccc1OCC(=O)Nc1ccc(C)cc1C(=O)O. The van der Waals surface area contributed by atoms with Crippen LogP contribution in [0.4, 0.5) is 5.69 Å². The van der Waals surface area contributed by atoms with Gasteiger partial charge in [-0.05, 0) is 43.0 Å². The molecular formula is C20H23NO4. The van der Waals surface area contributed by atoms with Crippen molar-refractivity contribution in [2.45, 2.75) is 33.1 Å². The molecule has 0 aliphatic carbocycles. The highest BCUT2D eigenvalue weighted by molar-refractivity contribution is 6.01. The van der Waals surface area contributed by atoms with Crippen LogP contribution in [-0.4, -0.2) is 23.6 Å². The summed E-state index contributed by atoms with van der Waals surface area (Å²) in [7, 11) is 0. The van der Waals surface area contributed by atoms with E-state index in [2.05, 4.69) is 19.2 Å². The number of rotatable bonds is 7. The van der Waals surface area contributed by atoms with Gasteiger partial charge >= 0.3 is 5.97 Å². The monoisotopic (exact) mass is 341 g/mol. The lowest BCUT2D eigenvalue weighted by atomic mass is 9.98. The molecule has 132 valence electrons. The van der Waals surface area contributed by atoms with Crippen molar-refractivity contribution in [3.05, 3.63) is 59.2 Å². The normalized spacial score (nSPS) is 11.6. The first-order valence-corrected chi connectivity index (χ1v) is 8.27. The molecule has 5 heteroatoms. The number of carboxylic acids is 1. The summed E-state index contributed by atoms with van der Waals surface area (Å²) in [4.78, 5) is 23.5. The zero-order chi connectivity index (χ0) is 18.4. The summed E-state index contributed by atoms with van der Waals surface area (Å²) in [6.07, 6.45) is 0.970. The van der Waals surface area contributed by atoms with Crippen LogP contribution >= 0.6 is 0 Å². The fourth-order valence-corrected chi connectivity index (χ4v) is 2.51. The number of amides is 1. The number of para-hydroxylation sites is 1. The molecule has 2 aromatic carbocycles. The Morgan fingerprint density at radius 3 is 2.60 bits per heavy atom. The van der Waals surface area contributed by atoms with Crippen molar-refractivity contribution < 1.29 is 19.4 Å². The molecule has 2 aromatic rings. The van der Waals surface area contributed by atoms with Gasteiger partial charge in [0.1, 0.15) is 5.75 Å². The van der Waals surface area contributed by atoms with Crippen molar-refractivity contribution in [2.75, 3.05) is 11.9 Å². The molecule has 1 atom stereocenters. The van der Waals surface area contributed by atoms with Crippen LogP contribution in [0.2, 0.25) is 0 Å². The highest BCUT2D eigenvalue weighted by Crippen LogP contribution is 2.28. The molecule has 0 aromatic heterocycles. The first kappa shape index (κ1) is 18.5. The summed E-state index contributed by atoms with van der Waals surface area (Å²) in [6.45, 7) is 5.82. The lowest BCUT2D eigenvalue weighted by Crippen LogP contribution is -2.22. The molecule has 1 unspecified atom stereocenters. The maximum Gasteiger partial charge on any atom is 0.337 e. The largest absolute Gasteiger partial charge is 0.483 e. The van der Waals surface area contributed by atoms with Crippen LogP contribution < -0.4 is 10.1 Å². The number of carbonyl (C=O) groups is 2. The summed E-state index contributed by atoms with van der Waals surface area (Å²) >= 11 is 0. The Morgan fingerprint density at radius 1 is 1.20 bits per heavy atom. The Balaban J connectivity index is 2.07. The minimum atomic E-state index is -1.08. The molecule has 2 N–H and O–H groups in total. The van der Waals surface area contributed by atoms with Crippen LogP contribution in [0.3, 0.4) is 0 Å². The van der Waals surface area contributed by atoms with Gasteiger partial charge in [0.05, 0.1) is 11.3 Å². The van der Waals surface area contributed by atoms with Crippen LogP contribution in [-0.2, 0) is 4.79 Å². The summed E-state index contributed by atoms with van der Waals surface area (Å²) in [5, 5.41) is 11.9. The van der Waals surface area contributed by atoms with Gasteiger partial charge in [0.25, 0.3) is 5.91 Å². The molecule has 1 amide bonds. The second kappa shape index (κ2) is 8.33. The predicted octanol–water partition coefficient (Wildman–Crippen LogP) is 4.22. The van der Waals surface area contributed by atoms with E-state index < -0.39 is 11.9 Å². The standard InChI is InChI=1S/C20H23NO4/c1-4-14(3)15-7-5-6-8-18(15)25-12-19(22)21-17-10-9-13(2)11-16(17)20(23)24/h5-11,14H,4,12H2,1-3H3,(H,21,22)(H,23,24). The van der Waals surface area contributed by atoms with Gasteiger partial charge in [-0.25, -0.2) is 4.79 Å². The number of aryl methyl sites for hydroxylation is 1. The number of aromatic carboxylic acids is 1. The Hall–Kier alpha value is -2.82. The number of anilines is 1. The molecule has 5 nitrogen and oxygen atoms in total. The third-order valence-corrected chi connectivity index (χ3v) is 4.10. The van der Waals surface area contributed by atoms with Crippen LogP contribution in [0, 0.1) is 6.92 Å². The average Bonchev–Trinajstić information content (AvgIpc) is 2.61. The van der Waals surface area contributed by atoms with E-state index in [1.807, 2.05) is 24.3 Å². The number of benzene rings is 2. The fourth-order valence-electron chi connectivity index (χ4n) is 2.51. The van der Waals surface area contributed by atoms with E-state index in [4.69, 9.17) is 4.74 Å². The molecular weight excluding hydrogens is 318 g/mol. The highest BCUT2D eigenvalue weighted by atomic mass is 16.5. The second-order valence-corrected chi connectivity index (χ2v) is 6.04. The van der Waals surface area contributed by atoms with E-state index in [1.54, 1.807) is 19.1 Å². The minimum Gasteiger partial charge on any atom is -0.483 e. The van der Waals surface area contributed by atoms with E-state index >= 15 is 0 Å². The van der Waals surface area contributed by atoms with Gasteiger partial charge in [0, 0.05) is 0 Å². The zero-order valence-electron chi connectivity index (χ0n) is 14.7. The summed E-state index contributed by atoms with van der Waals surface area (Å²) < 4.78 is 5.66. The van der Waals surface area contributed by atoms with Gasteiger partial charge in [-0.1, -0.05) is 43.7 Å². The van der Waals surface area contributed by atoms with Gasteiger partial charge in [-0.15, -0.1) is 0 Å². The van der Waals surface area contributed by atoms with Crippen molar-refractivity contribution in [1.29, 1.82) is 0 Å². The lowest BCUT2D eigenvalue weighted by Gasteiger charge is -2.16. The molecule has 0 fully saturated rings. The van der Waals surface area contributed by atoms with Crippen molar-refractivity contribution in [1.82, 2.24) is 0 Å². The molecule has 25 heavy (non-hydrogen) atoms. The summed E-state index contributed by atoms with van der Waals surface area (Å²) in [5.74, 6) is -0.475. The quantitative estimate of drug-likeness (QED) is 0.790. The summed E-state index contributed by atoms with van der Waals surface area (Å²) in [6, 6.07) is 12.5. The molecule has 2 rings (SSSR count). The molecule has 0 aliphatic rings. The Labute approximate surface area is 147 Å². The van der Waals surface area contributed by atoms with Gasteiger partial charge < -0.3 is 15.2 Å².